The van der Waals surface area contributed by atoms with E-state index in [0.29, 0.717) is 24.6 Å². The molecule has 23 heavy (non-hydrogen) atoms. The number of hydrogen-bond donors (Lipinski definition) is 2. The molecule has 0 aromatic carbocycles. The Labute approximate surface area is 139 Å². The van der Waals surface area contributed by atoms with E-state index in [4.69, 9.17) is 0 Å². The lowest BCUT2D eigenvalue weighted by Gasteiger charge is -2.33. The van der Waals surface area contributed by atoms with Gasteiger partial charge in [0.15, 0.2) is 5.13 Å². The summed E-state index contributed by atoms with van der Waals surface area (Å²) in [6, 6.07) is 0. The van der Waals surface area contributed by atoms with Crippen molar-refractivity contribution in [2.75, 3.05) is 25.5 Å². The van der Waals surface area contributed by atoms with Crippen molar-refractivity contribution >= 4 is 22.4 Å². The summed E-state index contributed by atoms with van der Waals surface area (Å²) < 4.78 is 1.84. The van der Waals surface area contributed by atoms with Crippen LogP contribution in [0.4, 0.5) is 5.13 Å². The largest absolute Gasteiger partial charge is 0.385 e. The fourth-order valence-electron chi connectivity index (χ4n) is 2.94. The van der Waals surface area contributed by atoms with Crippen molar-refractivity contribution in [2.24, 2.45) is 13.0 Å². The van der Waals surface area contributed by atoms with Crippen molar-refractivity contribution in [3.05, 3.63) is 29.3 Å². The summed E-state index contributed by atoms with van der Waals surface area (Å²) in [5, 5.41) is 16.0. The summed E-state index contributed by atoms with van der Waals surface area (Å²) in [6.07, 6.45) is 4.48. The average molecular weight is 335 g/mol. The van der Waals surface area contributed by atoms with Crippen LogP contribution in [0.5, 0.6) is 0 Å². The molecule has 2 aromatic rings. The standard InChI is InChI=1S/C15H21N5O2S/c1-16-15-18-11(9-23-15)14(22)20-6-3-10(4-7-20)12(21)13-17-5-8-19(13)2/h5,8-10,12,21H,3-4,6-7H2,1-2H3,(H,16,18)/t12-/m0/s1. The average Bonchev–Trinajstić information content (AvgIpc) is 3.22. The molecule has 1 fully saturated rings. The van der Waals surface area contributed by atoms with E-state index in [2.05, 4.69) is 15.3 Å². The molecular formula is C15H21N5O2S. The number of carbonyl (C=O) groups excluding carboxylic acids is 1. The molecule has 8 heteroatoms. The van der Waals surface area contributed by atoms with Crippen molar-refractivity contribution < 1.29 is 9.90 Å². The molecule has 7 nitrogen and oxygen atoms in total. The number of aliphatic hydroxyl groups is 1. The lowest BCUT2D eigenvalue weighted by molar-refractivity contribution is 0.0417. The first-order valence-corrected chi connectivity index (χ1v) is 8.56. The minimum Gasteiger partial charge on any atom is -0.385 e. The van der Waals surface area contributed by atoms with E-state index >= 15 is 0 Å². The van der Waals surface area contributed by atoms with Gasteiger partial charge in [0.2, 0.25) is 0 Å². The Morgan fingerprint density at radius 3 is 2.78 bits per heavy atom. The van der Waals surface area contributed by atoms with Crippen molar-refractivity contribution in [2.45, 2.75) is 18.9 Å². The lowest BCUT2D eigenvalue weighted by Crippen LogP contribution is -2.40. The van der Waals surface area contributed by atoms with E-state index in [1.165, 1.54) is 11.3 Å². The first kappa shape index (κ1) is 15.9. The predicted octanol–water partition coefficient (Wildman–Crippen LogP) is 1.50. The van der Waals surface area contributed by atoms with E-state index in [1.54, 1.807) is 18.6 Å². The van der Waals surface area contributed by atoms with E-state index in [1.807, 2.05) is 22.7 Å². The molecule has 1 atom stereocenters. The number of imidazole rings is 1. The third kappa shape index (κ3) is 3.23. The smallest absolute Gasteiger partial charge is 0.273 e. The van der Waals surface area contributed by atoms with Crippen LogP contribution in [-0.4, -0.2) is 50.6 Å². The SMILES string of the molecule is CNc1nc(C(=O)N2CCC([C@H](O)c3nccn3C)CC2)cs1. The first-order valence-electron chi connectivity index (χ1n) is 7.68. The summed E-state index contributed by atoms with van der Waals surface area (Å²) in [7, 11) is 3.67. The normalized spacial score (nSPS) is 17.3. The number of aliphatic hydroxyl groups excluding tert-OH is 1. The van der Waals surface area contributed by atoms with Gasteiger partial charge in [-0.25, -0.2) is 9.97 Å². The number of thiazole rings is 1. The van der Waals surface area contributed by atoms with Crippen LogP contribution in [-0.2, 0) is 7.05 Å². The topological polar surface area (TPSA) is 83.3 Å². The number of carbonyl (C=O) groups is 1. The van der Waals surface area contributed by atoms with Crippen molar-refractivity contribution in [1.29, 1.82) is 0 Å². The summed E-state index contributed by atoms with van der Waals surface area (Å²) in [5.41, 5.74) is 0.488. The molecule has 3 rings (SSSR count). The van der Waals surface area contributed by atoms with Gasteiger partial charge in [-0.1, -0.05) is 0 Å². The van der Waals surface area contributed by atoms with E-state index in [0.717, 1.165) is 18.0 Å². The first-order chi connectivity index (χ1) is 11.1. The van der Waals surface area contributed by atoms with Gasteiger partial charge in [-0.15, -0.1) is 11.3 Å². The molecular weight excluding hydrogens is 314 g/mol. The third-order valence-electron chi connectivity index (χ3n) is 4.33. The minimum atomic E-state index is -0.581. The molecule has 1 amide bonds. The maximum absolute atomic E-state index is 12.5. The molecule has 0 unspecified atom stereocenters. The minimum absolute atomic E-state index is 0.0346. The van der Waals surface area contributed by atoms with E-state index < -0.39 is 6.10 Å². The summed E-state index contributed by atoms with van der Waals surface area (Å²) in [4.78, 5) is 22.8. The highest BCUT2D eigenvalue weighted by Crippen LogP contribution is 2.30. The van der Waals surface area contributed by atoms with Crippen molar-refractivity contribution in [3.63, 3.8) is 0 Å². The number of amides is 1. The monoisotopic (exact) mass is 335 g/mol. The predicted molar refractivity (Wildman–Crippen MR) is 88.5 cm³/mol. The van der Waals surface area contributed by atoms with Crippen molar-refractivity contribution in [3.8, 4) is 0 Å². The van der Waals surface area contributed by atoms with Gasteiger partial charge in [-0.3, -0.25) is 4.79 Å². The molecule has 0 radical (unpaired) electrons. The van der Waals surface area contributed by atoms with Crippen LogP contribution in [0.2, 0.25) is 0 Å². The second kappa shape index (κ2) is 6.67. The molecule has 1 saturated heterocycles. The number of aryl methyl sites for hydroxylation is 1. The molecule has 2 N–H and O–H groups in total. The maximum Gasteiger partial charge on any atom is 0.273 e. The fourth-order valence-corrected chi connectivity index (χ4v) is 3.59. The number of hydrogen-bond acceptors (Lipinski definition) is 6. The Balaban J connectivity index is 1.60. The number of aromatic nitrogens is 3. The number of nitrogens with one attached hydrogen (secondary N) is 1. The number of piperidine rings is 1. The lowest BCUT2D eigenvalue weighted by atomic mass is 9.90. The van der Waals surface area contributed by atoms with Gasteiger partial charge in [-0.05, 0) is 18.8 Å². The summed E-state index contributed by atoms with van der Waals surface area (Å²) >= 11 is 1.43. The Bertz CT molecular complexity index is 675. The highest BCUT2D eigenvalue weighted by atomic mass is 32.1. The van der Waals surface area contributed by atoms with Gasteiger partial charge in [0.1, 0.15) is 17.6 Å². The highest BCUT2D eigenvalue weighted by Gasteiger charge is 2.30. The van der Waals surface area contributed by atoms with Crippen LogP contribution in [0, 0.1) is 5.92 Å². The molecule has 0 aliphatic carbocycles. The molecule has 1 aliphatic rings. The van der Waals surface area contributed by atoms with Gasteiger partial charge in [0, 0.05) is 45.0 Å². The molecule has 2 aromatic heterocycles. The van der Waals surface area contributed by atoms with Crippen LogP contribution < -0.4 is 5.32 Å². The Morgan fingerprint density at radius 1 is 1.48 bits per heavy atom. The summed E-state index contributed by atoms with van der Waals surface area (Å²) in [5.74, 6) is 0.782. The quantitative estimate of drug-likeness (QED) is 0.885. The van der Waals surface area contributed by atoms with Gasteiger partial charge in [0.25, 0.3) is 5.91 Å². The number of nitrogens with zero attached hydrogens (tertiary/aromatic N) is 4. The van der Waals surface area contributed by atoms with Gasteiger partial charge in [-0.2, -0.15) is 0 Å². The molecule has 1 aliphatic heterocycles. The third-order valence-corrected chi connectivity index (χ3v) is 5.19. The second-order valence-electron chi connectivity index (χ2n) is 5.76. The Morgan fingerprint density at radius 2 is 2.22 bits per heavy atom. The highest BCUT2D eigenvalue weighted by molar-refractivity contribution is 7.13. The molecule has 3 heterocycles. The van der Waals surface area contributed by atoms with Gasteiger partial charge >= 0.3 is 0 Å². The zero-order valence-corrected chi connectivity index (χ0v) is 14.1. The summed E-state index contributed by atoms with van der Waals surface area (Å²) in [6.45, 7) is 1.27. The van der Waals surface area contributed by atoms with Gasteiger partial charge < -0.3 is 19.9 Å². The molecule has 0 spiro atoms. The van der Waals surface area contributed by atoms with Crippen LogP contribution in [0.25, 0.3) is 0 Å². The van der Waals surface area contributed by atoms with Crippen molar-refractivity contribution in [1.82, 2.24) is 19.4 Å². The number of anilines is 1. The number of rotatable bonds is 4. The van der Waals surface area contributed by atoms with Crippen LogP contribution in [0.3, 0.4) is 0 Å². The Hall–Kier alpha value is -1.93. The fraction of sp³-hybridized carbons (Fsp3) is 0.533. The maximum atomic E-state index is 12.5. The second-order valence-corrected chi connectivity index (χ2v) is 6.62. The van der Waals surface area contributed by atoms with Gasteiger partial charge in [0.05, 0.1) is 0 Å². The van der Waals surface area contributed by atoms with E-state index in [-0.39, 0.29) is 11.8 Å². The Kier molecular flexibility index (Phi) is 4.63. The number of likely N-dealkylation sites (tertiary alicyclic amines) is 1. The molecule has 124 valence electrons. The molecule has 0 saturated carbocycles. The van der Waals surface area contributed by atoms with Crippen LogP contribution in [0.15, 0.2) is 17.8 Å². The zero-order chi connectivity index (χ0) is 16.4. The van der Waals surface area contributed by atoms with Crippen LogP contribution in [0.1, 0.15) is 35.3 Å². The zero-order valence-electron chi connectivity index (χ0n) is 13.3. The molecule has 0 bridgehead atoms. The van der Waals surface area contributed by atoms with Crippen LogP contribution >= 0.6 is 11.3 Å². The van der Waals surface area contributed by atoms with E-state index in [9.17, 15) is 9.90 Å².